The van der Waals surface area contributed by atoms with E-state index in [1.807, 2.05) is 31.2 Å². The van der Waals surface area contributed by atoms with Crippen molar-refractivity contribution in [1.29, 1.82) is 0 Å². The Balaban J connectivity index is 2.01. The number of hydrogen-bond donors (Lipinski definition) is 0. The molecule has 1 aliphatic heterocycles. The van der Waals surface area contributed by atoms with E-state index in [1.54, 1.807) is 42.6 Å². The third kappa shape index (κ3) is 4.39. The first kappa shape index (κ1) is 20.4. The summed E-state index contributed by atoms with van der Waals surface area (Å²) < 4.78 is 27.1. The van der Waals surface area contributed by atoms with Crippen molar-refractivity contribution in [3.8, 4) is 0 Å². The first-order chi connectivity index (χ1) is 13.4. The Hall–Kier alpha value is -2.31. The van der Waals surface area contributed by atoms with Gasteiger partial charge in [-0.2, -0.15) is 0 Å². The molecule has 0 amide bonds. The first-order valence-electron chi connectivity index (χ1n) is 8.89. The van der Waals surface area contributed by atoms with E-state index in [-0.39, 0.29) is 0 Å². The van der Waals surface area contributed by atoms with Gasteiger partial charge in [0.05, 0.1) is 28.1 Å². The Morgan fingerprint density at radius 1 is 1.25 bits per heavy atom. The van der Waals surface area contributed by atoms with Crippen LogP contribution in [0.3, 0.4) is 0 Å². The van der Waals surface area contributed by atoms with Gasteiger partial charge in [0, 0.05) is 16.3 Å². The molecule has 1 heterocycles. The van der Waals surface area contributed by atoms with E-state index in [4.69, 9.17) is 0 Å². The highest BCUT2D eigenvalue weighted by Crippen LogP contribution is 2.31. The van der Waals surface area contributed by atoms with Crippen molar-refractivity contribution < 1.29 is 8.42 Å². The van der Waals surface area contributed by atoms with E-state index >= 15 is 0 Å². The second-order valence-electron chi connectivity index (χ2n) is 6.41. The Morgan fingerprint density at radius 2 is 2.00 bits per heavy atom. The van der Waals surface area contributed by atoms with Gasteiger partial charge >= 0.3 is 0 Å². The lowest BCUT2D eigenvalue weighted by Crippen LogP contribution is -2.23. The SMILES string of the molecule is C=C/C=C\C=C(/C)C1=NCC=NC2=CCC(S(=O)(=O)c3ccc(Br)cc3)C=C21. The molecule has 1 unspecified atom stereocenters. The molecule has 0 bridgehead atoms. The van der Waals surface area contributed by atoms with Gasteiger partial charge in [-0.1, -0.05) is 59.0 Å². The van der Waals surface area contributed by atoms with E-state index in [9.17, 15) is 8.42 Å². The van der Waals surface area contributed by atoms with Gasteiger partial charge in [-0.05, 0) is 43.2 Å². The highest BCUT2D eigenvalue weighted by Gasteiger charge is 2.30. The van der Waals surface area contributed by atoms with Crippen LogP contribution in [0.15, 0.2) is 103 Å². The molecule has 0 spiro atoms. The lowest BCUT2D eigenvalue weighted by Gasteiger charge is -2.21. The molecular formula is C22H21BrN2O2S. The van der Waals surface area contributed by atoms with Crippen molar-refractivity contribution in [1.82, 2.24) is 0 Å². The van der Waals surface area contributed by atoms with Crippen molar-refractivity contribution in [3.63, 3.8) is 0 Å². The normalized spacial score (nSPS) is 20.1. The monoisotopic (exact) mass is 456 g/mol. The fourth-order valence-electron chi connectivity index (χ4n) is 3.07. The second-order valence-corrected chi connectivity index (χ2v) is 9.50. The minimum absolute atomic E-state index is 0.311. The number of allylic oxidation sites excluding steroid dienone is 7. The number of rotatable bonds is 5. The molecule has 6 heteroatoms. The fourth-order valence-corrected chi connectivity index (χ4v) is 4.86. The minimum atomic E-state index is -3.51. The lowest BCUT2D eigenvalue weighted by molar-refractivity contribution is 0.587. The van der Waals surface area contributed by atoms with Crippen LogP contribution in [-0.2, 0) is 9.84 Å². The predicted molar refractivity (Wildman–Crippen MR) is 120 cm³/mol. The van der Waals surface area contributed by atoms with Gasteiger partial charge in [-0.15, -0.1) is 0 Å². The third-order valence-electron chi connectivity index (χ3n) is 4.50. The van der Waals surface area contributed by atoms with Crippen molar-refractivity contribution in [3.05, 3.63) is 88.6 Å². The maximum Gasteiger partial charge on any atom is 0.185 e. The molecule has 1 aromatic carbocycles. The van der Waals surface area contributed by atoms with Crippen molar-refractivity contribution in [2.24, 2.45) is 9.98 Å². The smallest absolute Gasteiger partial charge is 0.185 e. The third-order valence-corrected chi connectivity index (χ3v) is 7.08. The summed E-state index contributed by atoms with van der Waals surface area (Å²) in [5.41, 5.74) is 3.26. The summed E-state index contributed by atoms with van der Waals surface area (Å²) in [5.74, 6) is 0. The molecule has 28 heavy (non-hydrogen) atoms. The molecular weight excluding hydrogens is 436 g/mol. The number of fused-ring (bicyclic) bond motifs is 1. The molecule has 3 rings (SSSR count). The molecule has 0 aromatic heterocycles. The number of sulfone groups is 1. The lowest BCUT2D eigenvalue weighted by atomic mass is 9.95. The quantitative estimate of drug-likeness (QED) is 0.583. The van der Waals surface area contributed by atoms with Crippen LogP contribution in [-0.4, -0.2) is 32.1 Å². The molecule has 0 saturated heterocycles. The maximum absolute atomic E-state index is 13.1. The van der Waals surface area contributed by atoms with Gasteiger partial charge < -0.3 is 0 Å². The Labute approximate surface area is 174 Å². The van der Waals surface area contributed by atoms with E-state index in [2.05, 4.69) is 32.5 Å². The van der Waals surface area contributed by atoms with Crippen LogP contribution in [0.4, 0.5) is 0 Å². The zero-order chi connectivity index (χ0) is 20.1. The zero-order valence-corrected chi connectivity index (χ0v) is 17.9. The van der Waals surface area contributed by atoms with E-state index in [0.717, 1.165) is 27.0 Å². The molecule has 0 N–H and O–H groups in total. The van der Waals surface area contributed by atoms with E-state index in [0.29, 0.717) is 17.9 Å². The Kier molecular flexibility index (Phi) is 6.42. The standard InChI is InChI=1S/C22H21BrN2O2S/c1-3-4-5-6-16(2)22-20-15-19(11-12-21(20)24-13-14-25-22)28(26,27)18-9-7-17(23)8-10-18/h3-10,12-13,15,19H,1,11,14H2,2H3/b5-4-,16-6+. The fraction of sp³-hybridized carbons (Fsp3) is 0.182. The van der Waals surface area contributed by atoms with E-state index in [1.165, 1.54) is 0 Å². The van der Waals surface area contributed by atoms with Crippen LogP contribution >= 0.6 is 15.9 Å². The highest BCUT2D eigenvalue weighted by molar-refractivity contribution is 9.10. The topological polar surface area (TPSA) is 58.9 Å². The molecule has 4 nitrogen and oxygen atoms in total. The van der Waals surface area contributed by atoms with Crippen molar-refractivity contribution in [2.45, 2.75) is 23.5 Å². The molecule has 0 saturated carbocycles. The van der Waals surface area contributed by atoms with Crippen LogP contribution in [0.25, 0.3) is 0 Å². The van der Waals surface area contributed by atoms with Gasteiger partial charge in [0.25, 0.3) is 0 Å². The van der Waals surface area contributed by atoms with Crippen LogP contribution in [0.2, 0.25) is 0 Å². The largest absolute Gasteiger partial charge is 0.279 e. The zero-order valence-electron chi connectivity index (χ0n) is 15.5. The van der Waals surface area contributed by atoms with Crippen LogP contribution in [0.5, 0.6) is 0 Å². The van der Waals surface area contributed by atoms with Crippen molar-refractivity contribution in [2.75, 3.05) is 6.54 Å². The maximum atomic E-state index is 13.1. The molecule has 1 aliphatic carbocycles. The van der Waals surface area contributed by atoms with Gasteiger partial charge in [-0.3, -0.25) is 9.98 Å². The number of aliphatic imine (C=N–C) groups is 2. The highest BCUT2D eigenvalue weighted by atomic mass is 79.9. The molecule has 2 aliphatic rings. The number of nitrogens with zero attached hydrogens (tertiary/aromatic N) is 2. The number of hydrogen-bond acceptors (Lipinski definition) is 4. The predicted octanol–water partition coefficient (Wildman–Crippen LogP) is 5.02. The van der Waals surface area contributed by atoms with Crippen molar-refractivity contribution >= 4 is 37.7 Å². The summed E-state index contributed by atoms with van der Waals surface area (Å²) in [6, 6.07) is 6.74. The summed E-state index contributed by atoms with van der Waals surface area (Å²) in [7, 11) is -3.51. The van der Waals surface area contributed by atoms with Crippen LogP contribution in [0.1, 0.15) is 13.3 Å². The molecule has 1 aromatic rings. The minimum Gasteiger partial charge on any atom is -0.279 e. The second kappa shape index (κ2) is 8.80. The summed E-state index contributed by atoms with van der Waals surface area (Å²) in [6.07, 6.45) is 13.2. The first-order valence-corrected chi connectivity index (χ1v) is 11.2. The molecule has 144 valence electrons. The Morgan fingerprint density at radius 3 is 2.71 bits per heavy atom. The Bertz CT molecular complexity index is 1060. The molecule has 0 fully saturated rings. The average molecular weight is 457 g/mol. The number of benzene rings is 1. The molecule has 0 radical (unpaired) electrons. The summed E-state index contributed by atoms with van der Waals surface area (Å²) in [6.45, 7) is 6.09. The van der Waals surface area contributed by atoms with Gasteiger partial charge in [0.1, 0.15) is 0 Å². The van der Waals surface area contributed by atoms with E-state index < -0.39 is 15.1 Å². The number of halogens is 1. The van der Waals surface area contributed by atoms with Crippen LogP contribution in [0, 0.1) is 0 Å². The van der Waals surface area contributed by atoms with Gasteiger partial charge in [0.15, 0.2) is 9.84 Å². The average Bonchev–Trinajstić information content (AvgIpc) is 2.90. The molecule has 1 atom stereocenters. The van der Waals surface area contributed by atoms with Gasteiger partial charge in [-0.25, -0.2) is 8.42 Å². The van der Waals surface area contributed by atoms with Gasteiger partial charge in [0.2, 0.25) is 0 Å². The summed E-state index contributed by atoms with van der Waals surface area (Å²) >= 11 is 3.35. The van der Waals surface area contributed by atoms with Crippen LogP contribution < -0.4 is 0 Å². The summed E-state index contributed by atoms with van der Waals surface area (Å²) in [4.78, 5) is 9.39. The summed E-state index contributed by atoms with van der Waals surface area (Å²) in [5, 5.41) is -0.651.